The third kappa shape index (κ3) is 39.7. The van der Waals surface area contributed by atoms with E-state index < -0.39 is 18.1 Å². The third-order valence-electron chi connectivity index (χ3n) is 9.82. The molecule has 8 nitrogen and oxygen atoms in total. The summed E-state index contributed by atoms with van der Waals surface area (Å²) in [5.41, 5.74) is 0. The number of hydrogen-bond acceptors (Lipinski definition) is 6. The Morgan fingerprint density at radius 1 is 0.542 bits per heavy atom. The van der Waals surface area contributed by atoms with E-state index in [0.717, 1.165) is 57.8 Å². The first-order valence-electron chi connectivity index (χ1n) is 23.1. The number of nitrogens with zero attached hydrogens (tertiary/aromatic N) is 1. The zero-order valence-electron chi connectivity index (χ0n) is 38.2. The van der Waals surface area contributed by atoms with Gasteiger partial charge in [0.2, 0.25) is 0 Å². The lowest BCUT2D eigenvalue weighted by Gasteiger charge is -2.31. The Bertz CT molecular complexity index is 1240. The Morgan fingerprint density at radius 2 is 1.03 bits per heavy atom. The number of rotatable bonds is 40. The maximum absolute atomic E-state index is 12.8. The van der Waals surface area contributed by atoms with Crippen molar-refractivity contribution in [2.75, 3.05) is 41.0 Å². The smallest absolute Gasteiger partial charge is 0.362 e. The summed E-state index contributed by atoms with van der Waals surface area (Å²) in [6.45, 7) is 4.50. The van der Waals surface area contributed by atoms with E-state index in [9.17, 15) is 19.5 Å². The van der Waals surface area contributed by atoms with Gasteiger partial charge in [0.25, 0.3) is 0 Å². The van der Waals surface area contributed by atoms with E-state index in [-0.39, 0.29) is 42.7 Å². The van der Waals surface area contributed by atoms with Crippen LogP contribution in [0.2, 0.25) is 0 Å². The van der Waals surface area contributed by atoms with E-state index in [1.54, 1.807) is 0 Å². The minimum absolute atomic E-state index is 0.0323. The fourth-order valence-electron chi connectivity index (χ4n) is 6.25. The molecule has 0 saturated heterocycles. The quantitative estimate of drug-likeness (QED) is 0.0216. The average molecular weight is 825 g/mol. The summed E-state index contributed by atoms with van der Waals surface area (Å²) in [7, 11) is 5.50. The first kappa shape index (κ1) is 55.5. The molecule has 336 valence electrons. The predicted molar refractivity (Wildman–Crippen MR) is 247 cm³/mol. The van der Waals surface area contributed by atoms with Crippen LogP contribution in [-0.4, -0.2) is 80.6 Å². The molecule has 59 heavy (non-hydrogen) atoms. The Morgan fingerprint density at radius 3 is 1.54 bits per heavy atom. The SMILES string of the molecule is CC/C=C/C/C=C/C/C=C/C/C=C/C/C=C/CCC(=O)OCC(COCCC(C(=O)O)[N+](C)(C)C)OC(=O)CCCCCCCCCCCC/C=C/C=C/CCCCC. The molecule has 0 aliphatic heterocycles. The molecule has 8 heteroatoms. The second-order valence-corrected chi connectivity index (χ2v) is 16.3. The number of likely N-dealkylation sites (N-methyl/N-ethyl adjacent to an activating group) is 1. The molecule has 0 aromatic heterocycles. The molecule has 0 aliphatic rings. The van der Waals surface area contributed by atoms with Gasteiger partial charge in [0.15, 0.2) is 12.1 Å². The van der Waals surface area contributed by atoms with Crippen molar-refractivity contribution in [2.45, 2.75) is 180 Å². The van der Waals surface area contributed by atoms with Crippen LogP contribution in [0.3, 0.4) is 0 Å². The number of carbonyl (C=O) groups excluding carboxylic acids is 2. The molecule has 0 radical (unpaired) electrons. The van der Waals surface area contributed by atoms with Gasteiger partial charge in [-0.2, -0.15) is 0 Å². The molecule has 2 atom stereocenters. The fraction of sp³-hybridized carbons (Fsp3) is 0.667. The van der Waals surface area contributed by atoms with E-state index in [1.165, 1.54) is 70.6 Å². The summed E-state index contributed by atoms with van der Waals surface area (Å²) >= 11 is 0. The normalized spacial score (nSPS) is 13.7. The van der Waals surface area contributed by atoms with Crippen molar-refractivity contribution in [1.82, 2.24) is 0 Å². The highest BCUT2D eigenvalue weighted by Crippen LogP contribution is 2.14. The Hall–Kier alpha value is -3.49. The van der Waals surface area contributed by atoms with Crippen LogP contribution in [0.4, 0.5) is 0 Å². The van der Waals surface area contributed by atoms with Crippen LogP contribution < -0.4 is 0 Å². The summed E-state index contributed by atoms with van der Waals surface area (Å²) in [5.74, 6) is -1.58. The maximum Gasteiger partial charge on any atom is 0.362 e. The number of quaternary nitrogens is 1. The third-order valence-corrected chi connectivity index (χ3v) is 9.82. The molecule has 0 amide bonds. The number of esters is 2. The van der Waals surface area contributed by atoms with E-state index in [2.05, 4.69) is 86.8 Å². The van der Waals surface area contributed by atoms with Gasteiger partial charge in [-0.05, 0) is 70.6 Å². The Balaban J connectivity index is 4.42. The second-order valence-electron chi connectivity index (χ2n) is 16.3. The summed E-state index contributed by atoms with van der Waals surface area (Å²) in [6.07, 6.45) is 53.5. The van der Waals surface area contributed by atoms with Crippen LogP contribution in [0.15, 0.2) is 85.1 Å². The number of hydrogen-bond donors (Lipinski definition) is 1. The summed E-state index contributed by atoms with van der Waals surface area (Å²) in [5, 5.41) is 9.63. The van der Waals surface area contributed by atoms with Gasteiger partial charge >= 0.3 is 17.9 Å². The largest absolute Gasteiger partial charge is 0.477 e. The van der Waals surface area contributed by atoms with Gasteiger partial charge < -0.3 is 23.8 Å². The maximum atomic E-state index is 12.8. The molecule has 0 bridgehead atoms. The molecule has 0 fully saturated rings. The Kier molecular flexibility index (Phi) is 38.8. The van der Waals surface area contributed by atoms with Crippen molar-refractivity contribution in [3.8, 4) is 0 Å². The molecule has 0 aromatic rings. The van der Waals surface area contributed by atoms with Crippen molar-refractivity contribution in [3.05, 3.63) is 85.1 Å². The molecule has 1 N–H and O–H groups in total. The monoisotopic (exact) mass is 825 g/mol. The highest BCUT2D eigenvalue weighted by molar-refractivity contribution is 5.72. The van der Waals surface area contributed by atoms with Crippen molar-refractivity contribution < 1.29 is 38.2 Å². The molecule has 0 rings (SSSR count). The Labute approximate surface area is 361 Å². The number of carboxylic acids is 1. The van der Waals surface area contributed by atoms with Gasteiger partial charge in [0, 0.05) is 19.3 Å². The second kappa shape index (κ2) is 41.3. The number of carboxylic acid groups (broad SMARTS) is 1. The van der Waals surface area contributed by atoms with Crippen LogP contribution in [-0.2, 0) is 28.6 Å². The highest BCUT2D eigenvalue weighted by Gasteiger charge is 2.31. The number of carbonyl (C=O) groups is 3. The van der Waals surface area contributed by atoms with Crippen molar-refractivity contribution in [3.63, 3.8) is 0 Å². The van der Waals surface area contributed by atoms with Crippen LogP contribution in [0.25, 0.3) is 0 Å². The molecular formula is C51H86NO7+. The average Bonchev–Trinajstić information content (AvgIpc) is 3.19. The predicted octanol–water partition coefficient (Wildman–Crippen LogP) is 12.9. The highest BCUT2D eigenvalue weighted by atomic mass is 16.6. The van der Waals surface area contributed by atoms with Crippen LogP contribution >= 0.6 is 0 Å². The van der Waals surface area contributed by atoms with E-state index >= 15 is 0 Å². The number of unbranched alkanes of at least 4 members (excludes halogenated alkanes) is 13. The standard InChI is InChI=1S/C51H85NO7/c1-6-8-10-12-14-16-18-20-22-24-25-26-28-30-32-34-36-38-40-42-50(54)59-47(45-57-44-43-48(51(55)56)52(3,4)5)46-58-49(53)41-39-37-35-33-31-29-27-23-21-19-17-15-13-11-9-7-2/h9,11,14-18,20-21,23,29,31,35,37,47-48H,6-8,10,12-13,19,22,24-28,30,32-34,36,38-46H2,1-5H3/p+1/b11-9+,16-14+,17-15+,20-18+,23-21+,31-29+,37-35+. The van der Waals surface area contributed by atoms with Gasteiger partial charge in [-0.1, -0.05) is 163 Å². The summed E-state index contributed by atoms with van der Waals surface area (Å²) < 4.78 is 17.2. The lowest BCUT2D eigenvalue weighted by molar-refractivity contribution is -0.887. The lowest BCUT2D eigenvalue weighted by Crippen LogP contribution is -2.50. The first-order valence-corrected chi connectivity index (χ1v) is 23.1. The minimum Gasteiger partial charge on any atom is -0.477 e. The molecule has 0 spiro atoms. The molecule has 0 heterocycles. The van der Waals surface area contributed by atoms with Crippen molar-refractivity contribution in [1.29, 1.82) is 0 Å². The zero-order chi connectivity index (χ0) is 43.5. The zero-order valence-corrected chi connectivity index (χ0v) is 38.2. The van der Waals surface area contributed by atoms with Gasteiger partial charge in [0.05, 0.1) is 34.4 Å². The van der Waals surface area contributed by atoms with Crippen molar-refractivity contribution in [2.24, 2.45) is 0 Å². The van der Waals surface area contributed by atoms with Crippen LogP contribution in [0.5, 0.6) is 0 Å². The van der Waals surface area contributed by atoms with Crippen molar-refractivity contribution >= 4 is 17.9 Å². The van der Waals surface area contributed by atoms with E-state index in [4.69, 9.17) is 14.2 Å². The van der Waals surface area contributed by atoms with Gasteiger partial charge in [0.1, 0.15) is 6.61 Å². The molecule has 0 aliphatic carbocycles. The minimum atomic E-state index is -0.888. The molecule has 0 saturated carbocycles. The lowest BCUT2D eigenvalue weighted by atomic mass is 10.1. The van der Waals surface area contributed by atoms with Crippen LogP contribution in [0, 0.1) is 0 Å². The summed E-state index contributed by atoms with van der Waals surface area (Å²) in [4.78, 5) is 37.0. The first-order chi connectivity index (χ1) is 28.6. The molecule has 0 aromatic carbocycles. The molecule has 2 unspecified atom stereocenters. The number of allylic oxidation sites excluding steroid dienone is 14. The van der Waals surface area contributed by atoms with Crippen LogP contribution in [0.1, 0.15) is 168 Å². The molecular weight excluding hydrogens is 739 g/mol. The van der Waals surface area contributed by atoms with E-state index in [1.807, 2.05) is 33.3 Å². The van der Waals surface area contributed by atoms with E-state index in [0.29, 0.717) is 19.3 Å². The van der Waals surface area contributed by atoms with Gasteiger partial charge in [-0.15, -0.1) is 0 Å². The topological polar surface area (TPSA) is 99.1 Å². The number of aliphatic carboxylic acids is 1. The summed E-state index contributed by atoms with van der Waals surface area (Å²) in [6, 6.07) is -0.630. The number of ether oxygens (including phenoxy) is 3. The fourth-order valence-corrected chi connectivity index (χ4v) is 6.25. The van der Waals surface area contributed by atoms with Gasteiger partial charge in [-0.3, -0.25) is 9.59 Å². The van der Waals surface area contributed by atoms with Gasteiger partial charge in [-0.25, -0.2) is 4.79 Å².